The molecule has 92 valence electrons. The maximum Gasteiger partial charge on any atom is 0.0539 e. The van der Waals surface area contributed by atoms with Gasteiger partial charge in [0, 0.05) is 5.02 Å². The topological polar surface area (TPSA) is 12.0 Å². The number of hydrogen-bond acceptors (Lipinski definition) is 1. The van der Waals surface area contributed by atoms with Crippen LogP contribution >= 0.6 is 11.6 Å². The van der Waals surface area contributed by atoms with Crippen molar-refractivity contribution in [3.8, 4) is 0 Å². The van der Waals surface area contributed by atoms with Crippen LogP contribution in [0.4, 0.5) is 0 Å². The van der Waals surface area contributed by atoms with Crippen molar-refractivity contribution in [2.75, 3.05) is 6.54 Å². The molecule has 17 heavy (non-hydrogen) atoms. The average Bonchev–Trinajstić information content (AvgIpc) is 2.84. The largest absolute Gasteiger partial charge is 0.307 e. The summed E-state index contributed by atoms with van der Waals surface area (Å²) >= 11 is 6.22. The lowest BCUT2D eigenvalue weighted by molar-refractivity contribution is 0.603. The number of nitrogens with one attached hydrogen (secondary N) is 1. The minimum Gasteiger partial charge on any atom is -0.307 e. The third-order valence-corrected chi connectivity index (χ3v) is 3.89. The molecule has 0 saturated carbocycles. The van der Waals surface area contributed by atoms with Gasteiger partial charge in [-0.1, -0.05) is 42.3 Å². The summed E-state index contributed by atoms with van der Waals surface area (Å²) in [5.41, 5.74) is 4.05. The molecule has 1 aliphatic rings. The molecular formula is C15H20ClN. The van der Waals surface area contributed by atoms with Gasteiger partial charge in [-0.3, -0.25) is 0 Å². The molecule has 0 heterocycles. The predicted molar refractivity (Wildman–Crippen MR) is 74.5 cm³/mol. The molecular weight excluding hydrogens is 230 g/mol. The van der Waals surface area contributed by atoms with Crippen LogP contribution in [0.15, 0.2) is 29.8 Å². The number of likely N-dealkylation sites (N-methyl/N-ethyl adjacent to an activating group) is 1. The highest BCUT2D eigenvalue weighted by Crippen LogP contribution is 2.33. The van der Waals surface area contributed by atoms with Crippen molar-refractivity contribution in [3.05, 3.63) is 46.0 Å². The number of halogens is 1. The lowest BCUT2D eigenvalue weighted by Gasteiger charge is -2.22. The highest BCUT2D eigenvalue weighted by Gasteiger charge is 2.20. The smallest absolute Gasteiger partial charge is 0.0539 e. The van der Waals surface area contributed by atoms with E-state index < -0.39 is 0 Å². The van der Waals surface area contributed by atoms with E-state index in [1.54, 1.807) is 0 Å². The SMILES string of the molecule is CCNC(C1=CCCC1)c1cccc(Cl)c1C. The van der Waals surface area contributed by atoms with Crippen molar-refractivity contribution < 1.29 is 0 Å². The summed E-state index contributed by atoms with van der Waals surface area (Å²) in [6, 6.07) is 6.55. The average molecular weight is 250 g/mol. The highest BCUT2D eigenvalue weighted by molar-refractivity contribution is 6.31. The second-order valence-corrected chi connectivity index (χ2v) is 5.02. The third kappa shape index (κ3) is 2.72. The fourth-order valence-electron chi connectivity index (χ4n) is 2.54. The van der Waals surface area contributed by atoms with Gasteiger partial charge < -0.3 is 5.32 Å². The van der Waals surface area contributed by atoms with Gasteiger partial charge in [0.2, 0.25) is 0 Å². The van der Waals surface area contributed by atoms with E-state index in [2.05, 4.69) is 31.3 Å². The van der Waals surface area contributed by atoms with Gasteiger partial charge in [-0.05, 0) is 49.9 Å². The van der Waals surface area contributed by atoms with E-state index in [4.69, 9.17) is 11.6 Å². The molecule has 1 atom stereocenters. The van der Waals surface area contributed by atoms with Crippen LogP contribution < -0.4 is 5.32 Å². The van der Waals surface area contributed by atoms with E-state index in [0.717, 1.165) is 11.6 Å². The van der Waals surface area contributed by atoms with E-state index in [1.807, 2.05) is 12.1 Å². The van der Waals surface area contributed by atoms with E-state index in [-0.39, 0.29) is 0 Å². The van der Waals surface area contributed by atoms with Crippen LogP contribution in [0.1, 0.15) is 43.4 Å². The van der Waals surface area contributed by atoms with Crippen molar-refractivity contribution >= 4 is 11.6 Å². The minimum atomic E-state index is 0.348. The zero-order chi connectivity index (χ0) is 12.3. The van der Waals surface area contributed by atoms with Crippen LogP contribution in [0, 0.1) is 6.92 Å². The second kappa shape index (κ2) is 5.70. The second-order valence-electron chi connectivity index (χ2n) is 4.62. The highest BCUT2D eigenvalue weighted by atomic mass is 35.5. The van der Waals surface area contributed by atoms with Gasteiger partial charge in [-0.2, -0.15) is 0 Å². The molecule has 1 nitrogen and oxygen atoms in total. The molecule has 2 heteroatoms. The molecule has 0 aromatic heterocycles. The van der Waals surface area contributed by atoms with Crippen LogP contribution in [-0.4, -0.2) is 6.54 Å². The summed E-state index contributed by atoms with van der Waals surface area (Å²) in [5, 5.41) is 4.45. The molecule has 0 aliphatic heterocycles. The molecule has 2 rings (SSSR count). The Kier molecular flexibility index (Phi) is 4.25. The maximum atomic E-state index is 6.22. The van der Waals surface area contributed by atoms with Gasteiger partial charge in [-0.25, -0.2) is 0 Å². The van der Waals surface area contributed by atoms with Crippen molar-refractivity contribution in [3.63, 3.8) is 0 Å². The summed E-state index contributed by atoms with van der Waals surface area (Å²) in [5.74, 6) is 0. The van der Waals surface area contributed by atoms with Gasteiger partial charge >= 0.3 is 0 Å². The zero-order valence-corrected chi connectivity index (χ0v) is 11.3. The molecule has 0 fully saturated rings. The Balaban J connectivity index is 2.35. The first-order valence-corrected chi connectivity index (χ1v) is 6.79. The number of allylic oxidation sites excluding steroid dienone is 1. The fraction of sp³-hybridized carbons (Fsp3) is 0.467. The Morgan fingerprint density at radius 1 is 1.41 bits per heavy atom. The molecule has 0 saturated heterocycles. The van der Waals surface area contributed by atoms with Gasteiger partial charge in [-0.15, -0.1) is 0 Å². The standard InChI is InChI=1S/C15H20ClN/c1-3-17-15(12-7-4-5-8-12)13-9-6-10-14(16)11(13)2/h6-7,9-10,15,17H,3-5,8H2,1-2H3. The first-order valence-electron chi connectivity index (χ1n) is 6.41. The van der Waals surface area contributed by atoms with Crippen LogP contribution in [0.5, 0.6) is 0 Å². The number of rotatable bonds is 4. The molecule has 0 amide bonds. The minimum absolute atomic E-state index is 0.348. The Morgan fingerprint density at radius 2 is 2.24 bits per heavy atom. The lowest BCUT2D eigenvalue weighted by atomic mass is 9.94. The van der Waals surface area contributed by atoms with Crippen LogP contribution in [-0.2, 0) is 0 Å². The Hall–Kier alpha value is -0.790. The molecule has 0 bridgehead atoms. The van der Waals surface area contributed by atoms with E-state index in [0.29, 0.717) is 6.04 Å². The van der Waals surface area contributed by atoms with Gasteiger partial charge in [0.1, 0.15) is 0 Å². The van der Waals surface area contributed by atoms with Crippen molar-refractivity contribution in [2.45, 2.75) is 39.2 Å². The predicted octanol–water partition coefficient (Wildman–Crippen LogP) is 4.41. The van der Waals surface area contributed by atoms with Crippen LogP contribution in [0.25, 0.3) is 0 Å². The van der Waals surface area contributed by atoms with Crippen LogP contribution in [0.3, 0.4) is 0 Å². The van der Waals surface area contributed by atoms with Crippen molar-refractivity contribution in [1.82, 2.24) is 5.32 Å². The number of benzene rings is 1. The summed E-state index contributed by atoms with van der Waals surface area (Å²) in [4.78, 5) is 0. The fourth-order valence-corrected chi connectivity index (χ4v) is 2.72. The van der Waals surface area contributed by atoms with Gasteiger partial charge in [0.25, 0.3) is 0 Å². The normalized spacial score (nSPS) is 17.0. The molecule has 1 aromatic carbocycles. The number of hydrogen-bond donors (Lipinski definition) is 1. The Bertz CT molecular complexity index is 423. The molecule has 1 unspecified atom stereocenters. The summed E-state index contributed by atoms with van der Waals surface area (Å²) < 4.78 is 0. The van der Waals surface area contributed by atoms with Crippen LogP contribution in [0.2, 0.25) is 5.02 Å². The summed E-state index contributed by atoms with van der Waals surface area (Å²) in [6.07, 6.45) is 6.10. The first kappa shape index (κ1) is 12.7. The molecule has 1 aliphatic carbocycles. The zero-order valence-electron chi connectivity index (χ0n) is 10.6. The van der Waals surface area contributed by atoms with E-state index in [9.17, 15) is 0 Å². The maximum absolute atomic E-state index is 6.22. The monoisotopic (exact) mass is 249 g/mol. The quantitative estimate of drug-likeness (QED) is 0.780. The molecule has 0 radical (unpaired) electrons. The third-order valence-electron chi connectivity index (χ3n) is 3.48. The Morgan fingerprint density at radius 3 is 2.88 bits per heavy atom. The summed E-state index contributed by atoms with van der Waals surface area (Å²) in [6.45, 7) is 5.24. The van der Waals surface area contributed by atoms with E-state index in [1.165, 1.54) is 36.0 Å². The lowest BCUT2D eigenvalue weighted by Crippen LogP contribution is -2.23. The summed E-state index contributed by atoms with van der Waals surface area (Å²) in [7, 11) is 0. The van der Waals surface area contributed by atoms with Gasteiger partial charge in [0.15, 0.2) is 0 Å². The Labute approximate surface area is 109 Å². The molecule has 0 spiro atoms. The molecule has 1 aromatic rings. The molecule has 1 N–H and O–H groups in total. The van der Waals surface area contributed by atoms with Gasteiger partial charge in [0.05, 0.1) is 6.04 Å². The first-order chi connectivity index (χ1) is 8.24. The van der Waals surface area contributed by atoms with Crippen molar-refractivity contribution in [2.24, 2.45) is 0 Å². The van der Waals surface area contributed by atoms with Crippen molar-refractivity contribution in [1.29, 1.82) is 0 Å². The van der Waals surface area contributed by atoms with E-state index >= 15 is 0 Å².